The van der Waals surface area contributed by atoms with Crippen molar-refractivity contribution >= 4 is 26.5 Å². The van der Waals surface area contributed by atoms with Gasteiger partial charge in [0, 0.05) is 5.92 Å². The second-order valence-electron chi connectivity index (χ2n) is 2.81. The van der Waals surface area contributed by atoms with Crippen LogP contribution in [0.1, 0.15) is 0 Å². The minimum absolute atomic E-state index is 0. The van der Waals surface area contributed by atoms with E-state index >= 15 is 0 Å². The van der Waals surface area contributed by atoms with Crippen LogP contribution in [0.25, 0.3) is 0 Å². The predicted octanol–water partition coefficient (Wildman–Crippen LogP) is 1.37. The Morgan fingerprint density at radius 2 is 1.80 bits per heavy atom. The maximum atomic E-state index is 9.89. The summed E-state index contributed by atoms with van der Waals surface area (Å²) in [5, 5.41) is 8.13. The Morgan fingerprint density at radius 1 is 1.40 bits per heavy atom. The van der Waals surface area contributed by atoms with E-state index in [1.54, 1.807) is 0 Å². The molecule has 0 atom stereocenters. The minimum Gasteiger partial charge on any atom is -0.472 e. The summed E-state index contributed by atoms with van der Waals surface area (Å²) in [6, 6.07) is 0. The summed E-state index contributed by atoms with van der Waals surface area (Å²) >= 11 is 0. The first-order valence-corrected chi connectivity index (χ1v) is 6.18. The van der Waals surface area contributed by atoms with Crippen molar-refractivity contribution in [1.82, 2.24) is 0 Å². The fourth-order valence-corrected chi connectivity index (χ4v) is 0.723. The van der Waals surface area contributed by atoms with Crippen molar-refractivity contribution in [2.45, 2.75) is 19.6 Å². The van der Waals surface area contributed by atoms with E-state index < -0.39 is 14.0 Å². The van der Waals surface area contributed by atoms with Crippen molar-refractivity contribution in [1.29, 1.82) is 0 Å². The van der Waals surface area contributed by atoms with E-state index in [-0.39, 0.29) is 12.4 Å². The summed E-state index contributed by atoms with van der Waals surface area (Å²) < 4.78 is 0. The monoisotopic (exact) mass is 178 g/mol. The Balaban J connectivity index is 0. The van der Waals surface area contributed by atoms with Gasteiger partial charge >= 0.3 is 5.97 Å². The van der Waals surface area contributed by atoms with Gasteiger partial charge in [-0.2, -0.15) is 0 Å². The molecule has 0 saturated carbocycles. The fraction of sp³-hybridized carbons (Fsp3) is 0.500. The molecule has 0 saturated heterocycles. The van der Waals surface area contributed by atoms with Crippen molar-refractivity contribution in [2.24, 2.45) is 0 Å². The molecule has 10 heavy (non-hydrogen) atoms. The molecule has 0 rings (SSSR count). The number of carboxylic acids is 1. The van der Waals surface area contributed by atoms with Crippen molar-refractivity contribution in [3.63, 3.8) is 0 Å². The van der Waals surface area contributed by atoms with E-state index in [1.165, 1.54) is 0 Å². The van der Waals surface area contributed by atoms with Gasteiger partial charge < -0.3 is 5.11 Å². The van der Waals surface area contributed by atoms with Crippen molar-refractivity contribution in [3.05, 3.63) is 0 Å². The van der Waals surface area contributed by atoms with E-state index in [2.05, 4.69) is 11.5 Å². The standard InChI is InChI=1S/C6H10O2Si.ClH/c1-9(2,3)5-4-6(7)8;/h1-3H3,(H,7,8);1H. The Bertz CT molecular complexity index is 172. The number of rotatable bonds is 0. The molecule has 0 unspecified atom stereocenters. The van der Waals surface area contributed by atoms with E-state index in [4.69, 9.17) is 5.11 Å². The number of hydrogen-bond donors (Lipinski definition) is 1. The van der Waals surface area contributed by atoms with E-state index in [0.717, 1.165) is 0 Å². The highest BCUT2D eigenvalue weighted by Crippen LogP contribution is 1.95. The van der Waals surface area contributed by atoms with Gasteiger partial charge in [0.05, 0.1) is 0 Å². The van der Waals surface area contributed by atoms with E-state index in [0.29, 0.717) is 0 Å². The van der Waals surface area contributed by atoms with Gasteiger partial charge in [0.2, 0.25) is 0 Å². The summed E-state index contributed by atoms with van der Waals surface area (Å²) in [7, 11) is -1.46. The van der Waals surface area contributed by atoms with Crippen LogP contribution < -0.4 is 0 Å². The molecule has 0 spiro atoms. The zero-order valence-electron chi connectivity index (χ0n) is 6.26. The molecular formula is C6H11ClO2Si. The highest BCUT2D eigenvalue weighted by molar-refractivity contribution is 6.84. The summed E-state index contributed by atoms with van der Waals surface area (Å²) in [6.45, 7) is 6.01. The Hall–Kier alpha value is -0.463. The third-order valence-corrected chi connectivity index (χ3v) is 1.42. The Kier molecular flexibility index (Phi) is 5.34. The lowest BCUT2D eigenvalue weighted by Crippen LogP contribution is -2.16. The van der Waals surface area contributed by atoms with Gasteiger partial charge in [-0.05, 0) is 0 Å². The number of hydrogen-bond acceptors (Lipinski definition) is 1. The Labute approximate surface area is 68.1 Å². The van der Waals surface area contributed by atoms with Crippen LogP contribution in [0.5, 0.6) is 0 Å². The molecule has 4 heteroatoms. The van der Waals surface area contributed by atoms with Crippen LogP contribution >= 0.6 is 12.4 Å². The van der Waals surface area contributed by atoms with Gasteiger partial charge in [0.25, 0.3) is 0 Å². The number of carbonyl (C=O) groups is 1. The zero-order valence-corrected chi connectivity index (χ0v) is 8.08. The van der Waals surface area contributed by atoms with Crippen LogP contribution in [-0.4, -0.2) is 19.1 Å². The average molecular weight is 179 g/mol. The third kappa shape index (κ3) is 10.5. The number of carboxylic acid groups (broad SMARTS) is 1. The maximum absolute atomic E-state index is 9.89. The third-order valence-electron chi connectivity index (χ3n) is 0.544. The molecule has 0 aromatic carbocycles. The van der Waals surface area contributed by atoms with E-state index in [9.17, 15) is 4.79 Å². The van der Waals surface area contributed by atoms with E-state index in [1.807, 2.05) is 19.6 Å². The molecule has 0 aliphatic carbocycles. The van der Waals surface area contributed by atoms with Crippen LogP contribution in [0.4, 0.5) is 0 Å². The minimum atomic E-state index is -1.46. The first kappa shape index (κ1) is 12.2. The second kappa shape index (κ2) is 4.37. The van der Waals surface area contributed by atoms with Crippen molar-refractivity contribution < 1.29 is 9.90 Å². The molecule has 0 aromatic rings. The quantitative estimate of drug-likeness (QED) is 0.450. The average Bonchev–Trinajstić information content (AvgIpc) is 1.59. The zero-order chi connectivity index (χ0) is 7.49. The van der Waals surface area contributed by atoms with Crippen molar-refractivity contribution in [2.75, 3.05) is 0 Å². The van der Waals surface area contributed by atoms with Gasteiger partial charge in [0.15, 0.2) is 0 Å². The predicted molar refractivity (Wildman–Crippen MR) is 46.0 cm³/mol. The van der Waals surface area contributed by atoms with Crippen LogP contribution in [0, 0.1) is 11.5 Å². The Morgan fingerprint density at radius 3 is 1.90 bits per heavy atom. The SMILES string of the molecule is C[Si](C)(C)C#CC(=O)O.Cl. The molecular weight excluding hydrogens is 168 g/mol. The summed E-state index contributed by atoms with van der Waals surface area (Å²) in [6.07, 6.45) is 0. The number of halogens is 1. The molecule has 0 fully saturated rings. The van der Waals surface area contributed by atoms with Gasteiger partial charge in [-0.3, -0.25) is 0 Å². The fourth-order valence-electron chi connectivity index (χ4n) is 0.241. The van der Waals surface area contributed by atoms with Crippen molar-refractivity contribution in [3.8, 4) is 11.5 Å². The van der Waals surface area contributed by atoms with Gasteiger partial charge in [-0.25, -0.2) is 4.79 Å². The molecule has 0 bridgehead atoms. The maximum Gasteiger partial charge on any atom is 0.381 e. The normalized spacial score (nSPS) is 8.70. The molecule has 2 nitrogen and oxygen atoms in total. The molecule has 0 heterocycles. The van der Waals surface area contributed by atoms with Crippen LogP contribution in [0.15, 0.2) is 0 Å². The molecule has 58 valence electrons. The first-order chi connectivity index (χ1) is 3.92. The summed E-state index contributed by atoms with van der Waals surface area (Å²) in [5.74, 6) is 1.08. The van der Waals surface area contributed by atoms with Crippen LogP contribution in [0.3, 0.4) is 0 Å². The lowest BCUT2D eigenvalue weighted by atomic mass is 10.7. The summed E-state index contributed by atoms with van der Waals surface area (Å²) in [5.41, 5.74) is 2.71. The number of aliphatic carboxylic acids is 1. The van der Waals surface area contributed by atoms with Gasteiger partial charge in [-0.1, -0.05) is 19.6 Å². The molecule has 0 amide bonds. The van der Waals surface area contributed by atoms with Crippen LogP contribution in [-0.2, 0) is 4.79 Å². The van der Waals surface area contributed by atoms with Gasteiger partial charge in [0.1, 0.15) is 8.07 Å². The first-order valence-electron chi connectivity index (χ1n) is 2.68. The van der Waals surface area contributed by atoms with Crippen LogP contribution in [0.2, 0.25) is 19.6 Å². The second-order valence-corrected chi connectivity index (χ2v) is 7.56. The molecule has 0 aliphatic rings. The topological polar surface area (TPSA) is 37.3 Å². The lowest BCUT2D eigenvalue weighted by molar-refractivity contribution is -0.130. The smallest absolute Gasteiger partial charge is 0.381 e. The summed E-state index contributed by atoms with van der Waals surface area (Å²) in [4.78, 5) is 9.89. The highest BCUT2D eigenvalue weighted by atomic mass is 35.5. The molecule has 0 aromatic heterocycles. The van der Waals surface area contributed by atoms with Gasteiger partial charge in [-0.15, -0.1) is 18.0 Å². The molecule has 0 radical (unpaired) electrons. The lowest BCUT2D eigenvalue weighted by Gasteiger charge is -2.01. The highest BCUT2D eigenvalue weighted by Gasteiger charge is 2.07. The molecule has 0 aliphatic heterocycles. The largest absolute Gasteiger partial charge is 0.472 e. The molecule has 1 N–H and O–H groups in total.